The number of halogens is 1. The van der Waals surface area contributed by atoms with Gasteiger partial charge in [-0.25, -0.2) is 4.98 Å². The highest BCUT2D eigenvalue weighted by molar-refractivity contribution is 9.10. The lowest BCUT2D eigenvalue weighted by Gasteiger charge is -2.20. The fourth-order valence-corrected chi connectivity index (χ4v) is 2.96. The molecule has 1 aromatic heterocycles. The Hall–Kier alpha value is -0.860. The van der Waals surface area contributed by atoms with Gasteiger partial charge in [-0.05, 0) is 42.8 Å². The molecule has 0 saturated carbocycles. The smallest absolute Gasteiger partial charge is 0.300 e. The monoisotopic (exact) mass is 322 g/mol. The summed E-state index contributed by atoms with van der Waals surface area (Å²) in [6, 6.07) is 1.57. The van der Waals surface area contributed by atoms with E-state index < -0.39 is 15.7 Å². The Morgan fingerprint density at radius 3 is 2.47 bits per heavy atom. The molecule has 17 heavy (non-hydrogen) atoms. The van der Waals surface area contributed by atoms with Crippen LogP contribution in [0.5, 0.6) is 0 Å². The Labute approximate surface area is 109 Å². The molecule has 0 aromatic carbocycles. The van der Waals surface area contributed by atoms with Crippen molar-refractivity contribution < 1.29 is 8.42 Å². The largest absolute Gasteiger partial charge is 0.397 e. The lowest BCUT2D eigenvalue weighted by atomic mass is 10.1. The predicted molar refractivity (Wildman–Crippen MR) is 71.8 cm³/mol. The van der Waals surface area contributed by atoms with E-state index in [0.29, 0.717) is 10.2 Å². The number of pyridine rings is 1. The average molecular weight is 323 g/mol. The summed E-state index contributed by atoms with van der Waals surface area (Å²) in [6.45, 7) is 5.24. The first-order chi connectivity index (χ1) is 7.59. The zero-order valence-electron chi connectivity index (χ0n) is 9.78. The summed E-state index contributed by atoms with van der Waals surface area (Å²) in [6.07, 6.45) is 1.37. The minimum absolute atomic E-state index is 0.191. The molecule has 0 amide bonds. The van der Waals surface area contributed by atoms with Crippen molar-refractivity contribution in [3.63, 3.8) is 0 Å². The molecule has 6 nitrogen and oxygen atoms in total. The van der Waals surface area contributed by atoms with E-state index in [4.69, 9.17) is 5.73 Å². The number of nitrogens with two attached hydrogens (primary N) is 1. The highest BCUT2D eigenvalue weighted by Gasteiger charge is 2.20. The van der Waals surface area contributed by atoms with Gasteiger partial charge in [-0.1, -0.05) is 0 Å². The van der Waals surface area contributed by atoms with Crippen molar-refractivity contribution in [3.05, 3.63) is 16.7 Å². The van der Waals surface area contributed by atoms with Gasteiger partial charge < -0.3 is 5.73 Å². The van der Waals surface area contributed by atoms with Crippen molar-refractivity contribution in [2.75, 3.05) is 10.5 Å². The Morgan fingerprint density at radius 2 is 2.00 bits per heavy atom. The van der Waals surface area contributed by atoms with E-state index in [1.165, 1.54) is 6.20 Å². The van der Waals surface area contributed by atoms with Gasteiger partial charge in [0.05, 0.1) is 16.4 Å². The summed E-state index contributed by atoms with van der Waals surface area (Å²) in [5.41, 5.74) is 5.39. The van der Waals surface area contributed by atoms with Crippen LogP contribution in [0.15, 0.2) is 16.7 Å². The first kappa shape index (κ1) is 14.2. The Balaban J connectivity index is 2.91. The maximum atomic E-state index is 11.7. The number of nitrogen functional groups attached to an aromatic ring is 1. The first-order valence-corrected chi connectivity index (χ1v) is 7.09. The highest BCUT2D eigenvalue weighted by Crippen LogP contribution is 2.22. The molecule has 0 aliphatic carbocycles. The fourth-order valence-electron chi connectivity index (χ4n) is 1.08. The quantitative estimate of drug-likeness (QED) is 0.785. The molecule has 0 bridgehead atoms. The molecule has 1 aromatic rings. The van der Waals surface area contributed by atoms with Crippen LogP contribution in [-0.2, 0) is 10.2 Å². The van der Waals surface area contributed by atoms with Gasteiger partial charge in [0.15, 0.2) is 5.82 Å². The second-order valence-electron chi connectivity index (χ2n) is 4.56. The average Bonchev–Trinajstić information content (AvgIpc) is 2.05. The molecule has 0 atom stereocenters. The molecule has 0 saturated heterocycles. The van der Waals surface area contributed by atoms with Crippen molar-refractivity contribution in [2.45, 2.75) is 26.3 Å². The highest BCUT2D eigenvalue weighted by atomic mass is 79.9. The zero-order valence-corrected chi connectivity index (χ0v) is 12.2. The summed E-state index contributed by atoms with van der Waals surface area (Å²) < 4.78 is 28.7. The SMILES string of the molecule is CC(C)(C)NS(=O)(=O)Nc1ncc(N)cc1Br. The number of aromatic nitrogens is 1. The van der Waals surface area contributed by atoms with Crippen molar-refractivity contribution in [2.24, 2.45) is 0 Å². The normalized spacial score (nSPS) is 12.5. The van der Waals surface area contributed by atoms with Crippen LogP contribution in [0.25, 0.3) is 0 Å². The fraction of sp³-hybridized carbons (Fsp3) is 0.444. The third-order valence-electron chi connectivity index (χ3n) is 1.53. The van der Waals surface area contributed by atoms with E-state index in [9.17, 15) is 8.42 Å². The van der Waals surface area contributed by atoms with Crippen molar-refractivity contribution in [1.29, 1.82) is 0 Å². The van der Waals surface area contributed by atoms with E-state index in [0.717, 1.165) is 0 Å². The van der Waals surface area contributed by atoms with Crippen LogP contribution in [0, 0.1) is 0 Å². The van der Waals surface area contributed by atoms with E-state index in [1.807, 2.05) is 0 Å². The molecular formula is C9H15BrN4O2S. The summed E-state index contributed by atoms with van der Waals surface area (Å²) >= 11 is 3.18. The molecule has 0 radical (unpaired) electrons. The summed E-state index contributed by atoms with van der Waals surface area (Å²) in [7, 11) is -3.66. The van der Waals surface area contributed by atoms with Crippen molar-refractivity contribution >= 4 is 37.6 Å². The summed E-state index contributed by atoms with van der Waals surface area (Å²) in [5.74, 6) is 0.191. The standard InChI is InChI=1S/C9H15BrN4O2S/c1-9(2,3)14-17(15,16)13-8-7(10)4-6(11)5-12-8/h4-5,14H,11H2,1-3H3,(H,12,13). The van der Waals surface area contributed by atoms with Gasteiger partial charge in [0, 0.05) is 5.54 Å². The van der Waals surface area contributed by atoms with E-state index in [-0.39, 0.29) is 5.82 Å². The lowest BCUT2D eigenvalue weighted by Crippen LogP contribution is -2.43. The van der Waals surface area contributed by atoms with E-state index in [1.54, 1.807) is 26.8 Å². The molecule has 4 N–H and O–H groups in total. The Morgan fingerprint density at radius 1 is 1.41 bits per heavy atom. The maximum Gasteiger partial charge on any atom is 0.300 e. The van der Waals surface area contributed by atoms with E-state index >= 15 is 0 Å². The molecule has 1 heterocycles. The topological polar surface area (TPSA) is 97.1 Å². The van der Waals surface area contributed by atoms with Gasteiger partial charge in [0.1, 0.15) is 0 Å². The number of rotatable bonds is 3. The Bertz CT molecular complexity index is 510. The van der Waals surface area contributed by atoms with Crippen LogP contribution in [0.2, 0.25) is 0 Å². The second-order valence-corrected chi connectivity index (χ2v) is 6.83. The molecule has 0 aliphatic heterocycles. The minimum atomic E-state index is -3.66. The van der Waals surface area contributed by atoms with E-state index in [2.05, 4.69) is 30.4 Å². The number of hydrogen-bond donors (Lipinski definition) is 3. The number of nitrogens with one attached hydrogen (secondary N) is 2. The maximum absolute atomic E-state index is 11.7. The number of nitrogens with zero attached hydrogens (tertiary/aromatic N) is 1. The Kier molecular flexibility index (Phi) is 4.00. The molecule has 8 heteroatoms. The van der Waals surface area contributed by atoms with Gasteiger partial charge in [0.2, 0.25) is 0 Å². The van der Waals surface area contributed by atoms with Crippen LogP contribution in [-0.4, -0.2) is 18.9 Å². The number of hydrogen-bond acceptors (Lipinski definition) is 4. The van der Waals surface area contributed by atoms with Gasteiger partial charge in [-0.2, -0.15) is 13.1 Å². The number of anilines is 2. The van der Waals surface area contributed by atoms with Gasteiger partial charge in [-0.15, -0.1) is 0 Å². The third kappa shape index (κ3) is 4.88. The van der Waals surface area contributed by atoms with Crippen LogP contribution in [0.3, 0.4) is 0 Å². The van der Waals surface area contributed by atoms with Crippen LogP contribution in [0.4, 0.5) is 11.5 Å². The van der Waals surface area contributed by atoms with Gasteiger partial charge in [0.25, 0.3) is 0 Å². The lowest BCUT2D eigenvalue weighted by molar-refractivity contribution is 0.494. The molecular weight excluding hydrogens is 308 g/mol. The first-order valence-electron chi connectivity index (χ1n) is 4.82. The molecule has 1 rings (SSSR count). The van der Waals surface area contributed by atoms with Crippen LogP contribution >= 0.6 is 15.9 Å². The predicted octanol–water partition coefficient (Wildman–Crippen LogP) is 1.47. The molecule has 0 unspecified atom stereocenters. The van der Waals surface area contributed by atoms with Gasteiger partial charge >= 0.3 is 10.2 Å². The van der Waals surface area contributed by atoms with Crippen molar-refractivity contribution in [1.82, 2.24) is 9.71 Å². The third-order valence-corrected chi connectivity index (χ3v) is 3.48. The second kappa shape index (κ2) is 4.79. The minimum Gasteiger partial charge on any atom is -0.397 e. The zero-order chi connectivity index (χ0) is 13.3. The molecule has 0 fully saturated rings. The molecule has 0 aliphatic rings. The molecule has 96 valence electrons. The van der Waals surface area contributed by atoms with Crippen LogP contribution in [0.1, 0.15) is 20.8 Å². The summed E-state index contributed by atoms with van der Waals surface area (Å²) in [5, 5.41) is 0. The van der Waals surface area contributed by atoms with Gasteiger partial charge in [-0.3, -0.25) is 4.72 Å². The molecule has 0 spiro atoms. The van der Waals surface area contributed by atoms with Crippen LogP contribution < -0.4 is 15.2 Å². The van der Waals surface area contributed by atoms with Crippen molar-refractivity contribution in [3.8, 4) is 0 Å². The summed E-state index contributed by atoms with van der Waals surface area (Å²) in [4.78, 5) is 3.89.